The van der Waals surface area contributed by atoms with Crippen molar-refractivity contribution >= 4 is 12.1 Å². The van der Waals surface area contributed by atoms with Crippen molar-refractivity contribution in [3.63, 3.8) is 0 Å². The summed E-state index contributed by atoms with van der Waals surface area (Å²) in [6.07, 6.45) is 3.97. The SMILES string of the molecule is CCOC(=O)C1CCC(O[N+]2(C(=O)OC(C)(C)C)CCCC2COCOCc2ccccc2)CC1. The molecule has 0 N–H and O–H groups in total. The third kappa shape index (κ3) is 8.00. The first-order chi connectivity index (χ1) is 16.7. The Morgan fingerprint density at radius 2 is 1.71 bits per heavy atom. The molecular weight excluding hydrogens is 450 g/mol. The van der Waals surface area contributed by atoms with E-state index in [0.717, 1.165) is 18.4 Å². The van der Waals surface area contributed by atoms with Gasteiger partial charge in [-0.3, -0.25) is 4.79 Å². The van der Waals surface area contributed by atoms with Crippen molar-refractivity contribution in [1.82, 2.24) is 0 Å². The van der Waals surface area contributed by atoms with Crippen molar-refractivity contribution in [2.24, 2.45) is 5.92 Å². The molecule has 2 fully saturated rings. The molecule has 1 aliphatic carbocycles. The number of hydrogen-bond acceptors (Lipinski definition) is 7. The van der Waals surface area contributed by atoms with Crippen LogP contribution in [0.4, 0.5) is 4.79 Å². The van der Waals surface area contributed by atoms with Gasteiger partial charge >= 0.3 is 12.1 Å². The van der Waals surface area contributed by atoms with Gasteiger partial charge in [-0.15, -0.1) is 0 Å². The van der Waals surface area contributed by atoms with Crippen molar-refractivity contribution in [2.75, 3.05) is 26.6 Å². The molecule has 0 spiro atoms. The molecule has 3 rings (SSSR count). The number of amides is 1. The lowest BCUT2D eigenvalue weighted by molar-refractivity contribution is -1.06. The zero-order chi connectivity index (χ0) is 25.3. The van der Waals surface area contributed by atoms with Crippen LogP contribution in [0.2, 0.25) is 0 Å². The highest BCUT2D eigenvalue weighted by atomic mass is 16.8. The van der Waals surface area contributed by atoms with E-state index in [1.54, 1.807) is 0 Å². The van der Waals surface area contributed by atoms with Gasteiger partial charge in [-0.2, -0.15) is 9.63 Å². The van der Waals surface area contributed by atoms with Crippen LogP contribution in [0.15, 0.2) is 30.3 Å². The van der Waals surface area contributed by atoms with Gasteiger partial charge in [-0.05, 0) is 58.9 Å². The maximum atomic E-state index is 13.5. The van der Waals surface area contributed by atoms with Crippen molar-refractivity contribution in [2.45, 2.75) is 90.6 Å². The number of ether oxygens (including phenoxy) is 4. The number of quaternary nitrogens is 1. The fraction of sp³-hybridized carbons (Fsp3) is 0.704. The standard InChI is InChI=1S/C27H42NO7/c1-5-33-25(29)22-13-15-24(16-14-22)35-28(26(30)34-27(2,3)4)17-9-12-23(28)19-32-20-31-18-21-10-7-6-8-11-21/h6-8,10-11,22-24H,5,9,12-20H2,1-4H3/q+1. The lowest BCUT2D eigenvalue weighted by Gasteiger charge is -2.38. The van der Waals surface area contributed by atoms with Crippen LogP contribution >= 0.6 is 0 Å². The molecule has 196 valence electrons. The molecule has 0 bridgehead atoms. The molecule has 1 saturated heterocycles. The molecule has 8 nitrogen and oxygen atoms in total. The monoisotopic (exact) mass is 492 g/mol. The Morgan fingerprint density at radius 1 is 1.00 bits per heavy atom. The fourth-order valence-corrected chi connectivity index (χ4v) is 4.82. The number of likely N-dealkylation sites (tertiary alicyclic amines) is 1. The average Bonchev–Trinajstić information content (AvgIpc) is 3.22. The van der Waals surface area contributed by atoms with E-state index in [1.165, 1.54) is 0 Å². The average molecular weight is 493 g/mol. The Bertz CT molecular complexity index is 801. The van der Waals surface area contributed by atoms with Crippen LogP contribution in [0, 0.1) is 5.92 Å². The van der Waals surface area contributed by atoms with E-state index >= 15 is 0 Å². The molecule has 0 radical (unpaired) electrons. The summed E-state index contributed by atoms with van der Waals surface area (Å²) >= 11 is 0. The van der Waals surface area contributed by atoms with Crippen LogP contribution in [0.1, 0.15) is 71.8 Å². The second kappa shape index (κ2) is 12.8. The minimum Gasteiger partial charge on any atom is -0.466 e. The van der Waals surface area contributed by atoms with E-state index in [0.29, 0.717) is 52.0 Å². The number of hydroxylamine groups is 3. The third-order valence-electron chi connectivity index (χ3n) is 6.54. The molecule has 1 aliphatic heterocycles. The lowest BCUT2D eigenvalue weighted by Crippen LogP contribution is -2.60. The van der Waals surface area contributed by atoms with Crippen molar-refractivity contribution < 1.29 is 38.0 Å². The van der Waals surface area contributed by atoms with Gasteiger partial charge in [0.15, 0.2) is 6.04 Å². The summed E-state index contributed by atoms with van der Waals surface area (Å²) in [5, 5.41) is 0. The van der Waals surface area contributed by atoms with Crippen LogP contribution in [-0.2, 0) is 35.2 Å². The molecule has 2 aliphatic rings. The van der Waals surface area contributed by atoms with E-state index in [9.17, 15) is 9.59 Å². The third-order valence-corrected chi connectivity index (χ3v) is 6.54. The zero-order valence-electron chi connectivity index (χ0n) is 21.7. The maximum absolute atomic E-state index is 13.5. The highest BCUT2D eigenvalue weighted by molar-refractivity contribution is 5.72. The van der Waals surface area contributed by atoms with Crippen molar-refractivity contribution in [1.29, 1.82) is 0 Å². The minimum absolute atomic E-state index is 0.0933. The van der Waals surface area contributed by atoms with Crippen LogP contribution in [-0.4, -0.2) is 61.0 Å². The molecule has 35 heavy (non-hydrogen) atoms. The van der Waals surface area contributed by atoms with Gasteiger partial charge < -0.3 is 18.9 Å². The highest BCUT2D eigenvalue weighted by Gasteiger charge is 2.55. The molecule has 1 saturated carbocycles. The number of hydrogen-bond donors (Lipinski definition) is 0. The number of nitrogens with zero attached hydrogens (tertiary/aromatic N) is 1. The molecule has 2 atom stereocenters. The predicted molar refractivity (Wildman–Crippen MR) is 130 cm³/mol. The van der Waals surface area contributed by atoms with Crippen LogP contribution in [0.25, 0.3) is 0 Å². The van der Waals surface area contributed by atoms with E-state index in [4.69, 9.17) is 23.8 Å². The highest BCUT2D eigenvalue weighted by Crippen LogP contribution is 2.36. The first kappa shape index (κ1) is 27.6. The van der Waals surface area contributed by atoms with E-state index in [2.05, 4.69) is 0 Å². The first-order valence-electron chi connectivity index (χ1n) is 12.9. The molecule has 1 aromatic rings. The van der Waals surface area contributed by atoms with E-state index in [-0.39, 0.29) is 41.6 Å². The summed E-state index contributed by atoms with van der Waals surface area (Å²) in [5.41, 5.74) is 0.456. The normalized spacial score (nSPS) is 26.9. The van der Waals surface area contributed by atoms with Gasteiger partial charge in [-0.1, -0.05) is 35.0 Å². The number of esters is 1. The van der Waals surface area contributed by atoms with Gasteiger partial charge in [0.1, 0.15) is 31.6 Å². The Labute approximate surface area is 209 Å². The summed E-state index contributed by atoms with van der Waals surface area (Å²) < 4.78 is 22.3. The predicted octanol–water partition coefficient (Wildman–Crippen LogP) is 5.15. The van der Waals surface area contributed by atoms with Crippen molar-refractivity contribution in [3.8, 4) is 0 Å². The first-order valence-corrected chi connectivity index (χ1v) is 12.9. The minimum atomic E-state index is -0.625. The Kier molecular flexibility index (Phi) is 10.1. The second-order valence-corrected chi connectivity index (χ2v) is 10.4. The summed E-state index contributed by atoms with van der Waals surface area (Å²) in [7, 11) is 0. The number of benzene rings is 1. The number of rotatable bonds is 10. The topological polar surface area (TPSA) is 80.3 Å². The Hall–Kier alpha value is -2.00. The summed E-state index contributed by atoms with van der Waals surface area (Å²) in [6.45, 7) is 9.31. The number of carbonyl (C=O) groups excluding carboxylic acids is 2. The van der Waals surface area contributed by atoms with Gasteiger partial charge in [0.05, 0.1) is 19.1 Å². The van der Waals surface area contributed by atoms with Gasteiger partial charge in [0, 0.05) is 12.8 Å². The van der Waals surface area contributed by atoms with Crippen LogP contribution in [0.5, 0.6) is 0 Å². The lowest BCUT2D eigenvalue weighted by atomic mass is 9.87. The molecule has 8 heteroatoms. The quantitative estimate of drug-likeness (QED) is 0.193. The summed E-state index contributed by atoms with van der Waals surface area (Å²) in [4.78, 5) is 32.1. The van der Waals surface area contributed by atoms with Crippen LogP contribution in [0.3, 0.4) is 0 Å². The summed E-state index contributed by atoms with van der Waals surface area (Å²) in [6, 6.07) is 9.76. The van der Waals surface area contributed by atoms with Gasteiger partial charge in [0.2, 0.25) is 0 Å². The molecule has 1 aromatic carbocycles. The Morgan fingerprint density at radius 3 is 2.37 bits per heavy atom. The van der Waals surface area contributed by atoms with Crippen molar-refractivity contribution in [3.05, 3.63) is 35.9 Å². The molecule has 2 unspecified atom stereocenters. The molecule has 1 heterocycles. The van der Waals surface area contributed by atoms with Gasteiger partial charge in [-0.25, -0.2) is 0 Å². The molecule has 0 aromatic heterocycles. The van der Waals surface area contributed by atoms with E-state index in [1.807, 2.05) is 58.0 Å². The Balaban J connectivity index is 1.59. The van der Waals surface area contributed by atoms with Crippen LogP contribution < -0.4 is 0 Å². The molecular formula is C27H42NO7+. The van der Waals surface area contributed by atoms with E-state index < -0.39 is 5.60 Å². The van der Waals surface area contributed by atoms with Gasteiger partial charge in [0.25, 0.3) is 0 Å². The maximum Gasteiger partial charge on any atom is 0.550 e. The zero-order valence-corrected chi connectivity index (χ0v) is 21.7. The second-order valence-electron chi connectivity index (χ2n) is 10.4. The molecule has 1 amide bonds. The number of carbonyl (C=O) groups is 2. The largest absolute Gasteiger partial charge is 0.550 e. The smallest absolute Gasteiger partial charge is 0.466 e. The summed E-state index contributed by atoms with van der Waals surface area (Å²) in [5.74, 6) is -0.228. The fourth-order valence-electron chi connectivity index (χ4n) is 4.82.